The predicted octanol–water partition coefficient (Wildman–Crippen LogP) is 2.99. The zero-order valence-electron chi connectivity index (χ0n) is 11.7. The van der Waals surface area contributed by atoms with E-state index in [9.17, 15) is 8.42 Å². The van der Waals surface area contributed by atoms with Crippen molar-refractivity contribution in [3.8, 4) is 0 Å². The number of pyridine rings is 1. The van der Waals surface area contributed by atoms with Crippen LogP contribution in [0.1, 0.15) is 18.1 Å². The molecule has 0 bridgehead atoms. The summed E-state index contributed by atoms with van der Waals surface area (Å²) in [4.78, 5) is 4.01. The Morgan fingerprint density at radius 1 is 1.33 bits per heavy atom. The third kappa shape index (κ3) is 3.46. The molecule has 1 aromatic carbocycles. The molecule has 2 aromatic rings. The summed E-state index contributed by atoms with van der Waals surface area (Å²) in [6.45, 7) is 3.76. The van der Waals surface area contributed by atoms with Crippen LogP contribution < -0.4 is 10.5 Å². The van der Waals surface area contributed by atoms with Crippen molar-refractivity contribution < 1.29 is 8.42 Å². The van der Waals surface area contributed by atoms with E-state index < -0.39 is 10.0 Å². The Hall–Kier alpha value is -1.79. The molecule has 0 saturated heterocycles. The van der Waals surface area contributed by atoms with Crippen molar-refractivity contribution in [3.05, 3.63) is 46.7 Å². The highest BCUT2D eigenvalue weighted by Gasteiger charge is 2.17. The van der Waals surface area contributed by atoms with Gasteiger partial charge in [0, 0.05) is 11.9 Å². The molecule has 2 rings (SSSR count). The normalized spacial score (nSPS) is 11.4. The van der Waals surface area contributed by atoms with Crippen LogP contribution in [-0.2, 0) is 16.4 Å². The standard InChI is InChI=1S/C14H16ClN3O2S/c1-3-10-4-5-11(7-12(10)16)21(19,20)18-13-6-9(2)8-17-14(13)15/h4-8,18H,3,16H2,1-2H3. The van der Waals surface area contributed by atoms with Gasteiger partial charge < -0.3 is 5.73 Å². The molecule has 0 unspecified atom stereocenters. The van der Waals surface area contributed by atoms with Gasteiger partial charge in [0.1, 0.15) is 0 Å². The highest BCUT2D eigenvalue weighted by molar-refractivity contribution is 7.92. The molecule has 1 aromatic heterocycles. The van der Waals surface area contributed by atoms with Gasteiger partial charge in [-0.2, -0.15) is 0 Å². The van der Waals surface area contributed by atoms with Gasteiger partial charge >= 0.3 is 0 Å². The first-order chi connectivity index (χ1) is 9.83. The van der Waals surface area contributed by atoms with E-state index in [0.717, 1.165) is 17.5 Å². The highest BCUT2D eigenvalue weighted by Crippen LogP contribution is 2.25. The molecule has 0 fully saturated rings. The Balaban J connectivity index is 2.38. The summed E-state index contributed by atoms with van der Waals surface area (Å²) in [6, 6.07) is 6.30. The van der Waals surface area contributed by atoms with E-state index in [-0.39, 0.29) is 15.7 Å². The molecule has 0 spiro atoms. The number of benzene rings is 1. The van der Waals surface area contributed by atoms with E-state index in [1.54, 1.807) is 25.3 Å². The fourth-order valence-electron chi connectivity index (χ4n) is 1.89. The van der Waals surface area contributed by atoms with Crippen LogP contribution in [0.25, 0.3) is 0 Å². The second kappa shape index (κ2) is 5.91. The van der Waals surface area contributed by atoms with E-state index in [1.807, 2.05) is 6.92 Å². The smallest absolute Gasteiger partial charge is 0.262 e. The summed E-state index contributed by atoms with van der Waals surface area (Å²) in [5, 5.41) is 0.0994. The molecule has 0 aliphatic rings. The number of nitrogen functional groups attached to an aromatic ring is 1. The third-order valence-corrected chi connectivity index (χ3v) is 4.69. The van der Waals surface area contributed by atoms with Crippen molar-refractivity contribution in [1.82, 2.24) is 4.98 Å². The number of nitrogens with zero attached hydrogens (tertiary/aromatic N) is 1. The minimum atomic E-state index is -3.75. The molecular weight excluding hydrogens is 310 g/mol. The second-order valence-electron chi connectivity index (χ2n) is 4.67. The SMILES string of the molecule is CCc1ccc(S(=O)(=O)Nc2cc(C)cnc2Cl)cc1N. The van der Waals surface area contributed by atoms with Crippen molar-refractivity contribution in [2.24, 2.45) is 0 Å². The fourth-order valence-corrected chi connectivity index (χ4v) is 3.19. The minimum Gasteiger partial charge on any atom is -0.398 e. The van der Waals surface area contributed by atoms with Crippen molar-refractivity contribution >= 4 is 33.0 Å². The summed E-state index contributed by atoms with van der Waals surface area (Å²) >= 11 is 5.91. The Morgan fingerprint density at radius 2 is 2.05 bits per heavy atom. The van der Waals surface area contributed by atoms with E-state index in [2.05, 4.69) is 9.71 Å². The Morgan fingerprint density at radius 3 is 2.67 bits per heavy atom. The number of nitrogens with two attached hydrogens (primary N) is 1. The number of anilines is 2. The molecule has 0 radical (unpaired) electrons. The van der Waals surface area contributed by atoms with Crippen molar-refractivity contribution in [2.45, 2.75) is 25.2 Å². The summed E-state index contributed by atoms with van der Waals surface area (Å²) in [5.41, 5.74) is 8.25. The topological polar surface area (TPSA) is 85.1 Å². The van der Waals surface area contributed by atoms with Gasteiger partial charge in [-0.1, -0.05) is 24.6 Å². The average molecular weight is 326 g/mol. The zero-order chi connectivity index (χ0) is 15.6. The zero-order valence-corrected chi connectivity index (χ0v) is 13.3. The largest absolute Gasteiger partial charge is 0.398 e. The predicted molar refractivity (Wildman–Crippen MR) is 85.0 cm³/mol. The van der Waals surface area contributed by atoms with Crippen LogP contribution >= 0.6 is 11.6 Å². The third-order valence-electron chi connectivity index (χ3n) is 3.03. The van der Waals surface area contributed by atoms with Gasteiger partial charge in [0.25, 0.3) is 10.0 Å². The van der Waals surface area contributed by atoms with Gasteiger partial charge in [-0.15, -0.1) is 0 Å². The lowest BCUT2D eigenvalue weighted by molar-refractivity contribution is 0.601. The van der Waals surface area contributed by atoms with E-state index >= 15 is 0 Å². The quantitative estimate of drug-likeness (QED) is 0.668. The van der Waals surface area contributed by atoms with Crippen molar-refractivity contribution in [3.63, 3.8) is 0 Å². The van der Waals surface area contributed by atoms with E-state index in [4.69, 9.17) is 17.3 Å². The first kappa shape index (κ1) is 15.6. The number of halogens is 1. The van der Waals surface area contributed by atoms with Crippen LogP contribution in [0.5, 0.6) is 0 Å². The Bertz CT molecular complexity index is 776. The van der Waals surface area contributed by atoms with Crippen molar-refractivity contribution in [2.75, 3.05) is 10.5 Å². The summed E-state index contributed by atoms with van der Waals surface area (Å²) in [6.07, 6.45) is 2.31. The molecular formula is C14H16ClN3O2S. The summed E-state index contributed by atoms with van der Waals surface area (Å²) in [7, 11) is -3.75. The Kier molecular flexibility index (Phi) is 4.39. The lowest BCUT2D eigenvalue weighted by Crippen LogP contribution is -2.14. The molecule has 0 aliphatic heterocycles. The first-order valence-corrected chi connectivity index (χ1v) is 8.23. The molecule has 1 heterocycles. The van der Waals surface area contributed by atoms with Gasteiger partial charge in [-0.05, 0) is 42.7 Å². The maximum absolute atomic E-state index is 12.4. The molecule has 5 nitrogen and oxygen atoms in total. The molecule has 112 valence electrons. The van der Waals surface area contributed by atoms with Gasteiger partial charge in [0.05, 0.1) is 10.6 Å². The second-order valence-corrected chi connectivity index (χ2v) is 6.71. The number of nitrogens with one attached hydrogen (secondary N) is 1. The van der Waals surface area contributed by atoms with E-state index in [0.29, 0.717) is 5.69 Å². The molecule has 7 heteroatoms. The van der Waals surface area contributed by atoms with Gasteiger partial charge in [0.15, 0.2) is 5.15 Å². The number of rotatable bonds is 4. The summed E-state index contributed by atoms with van der Waals surface area (Å²) in [5.74, 6) is 0. The van der Waals surface area contributed by atoms with Crippen LogP contribution in [0, 0.1) is 6.92 Å². The number of hydrogen-bond acceptors (Lipinski definition) is 4. The average Bonchev–Trinajstić information content (AvgIpc) is 2.42. The van der Waals surface area contributed by atoms with Gasteiger partial charge in [0.2, 0.25) is 0 Å². The maximum atomic E-state index is 12.4. The Labute approximate surface area is 129 Å². The number of sulfonamides is 1. The minimum absolute atomic E-state index is 0.0924. The molecule has 0 aliphatic carbocycles. The van der Waals surface area contributed by atoms with Crippen LogP contribution in [-0.4, -0.2) is 13.4 Å². The molecule has 0 atom stereocenters. The fraction of sp³-hybridized carbons (Fsp3) is 0.214. The first-order valence-electron chi connectivity index (χ1n) is 6.37. The van der Waals surface area contributed by atoms with Crippen LogP contribution in [0.15, 0.2) is 35.4 Å². The molecule has 0 saturated carbocycles. The lowest BCUT2D eigenvalue weighted by atomic mass is 10.1. The number of aryl methyl sites for hydroxylation is 2. The summed E-state index contributed by atoms with van der Waals surface area (Å²) < 4.78 is 27.2. The number of aromatic nitrogens is 1. The lowest BCUT2D eigenvalue weighted by Gasteiger charge is -2.11. The van der Waals surface area contributed by atoms with Gasteiger partial charge in [-0.3, -0.25) is 4.72 Å². The van der Waals surface area contributed by atoms with Gasteiger partial charge in [-0.25, -0.2) is 13.4 Å². The van der Waals surface area contributed by atoms with Crippen molar-refractivity contribution in [1.29, 1.82) is 0 Å². The monoisotopic (exact) mass is 325 g/mol. The van der Waals surface area contributed by atoms with Crippen LogP contribution in [0.4, 0.5) is 11.4 Å². The highest BCUT2D eigenvalue weighted by atomic mass is 35.5. The molecule has 21 heavy (non-hydrogen) atoms. The van der Waals surface area contributed by atoms with Crippen LogP contribution in [0.3, 0.4) is 0 Å². The molecule has 0 amide bonds. The van der Waals surface area contributed by atoms with E-state index in [1.165, 1.54) is 12.1 Å². The molecule has 3 N–H and O–H groups in total. The maximum Gasteiger partial charge on any atom is 0.262 e. The van der Waals surface area contributed by atoms with Crippen LogP contribution in [0.2, 0.25) is 5.15 Å². The number of hydrogen-bond donors (Lipinski definition) is 2.